The lowest BCUT2D eigenvalue weighted by molar-refractivity contribution is -0.160. The summed E-state index contributed by atoms with van der Waals surface area (Å²) < 4.78 is 10.7. The van der Waals surface area contributed by atoms with Crippen molar-refractivity contribution < 1.29 is 14.3 Å². The third kappa shape index (κ3) is 5.46. The third-order valence-electron chi connectivity index (χ3n) is 6.15. The number of benzene rings is 2. The van der Waals surface area contributed by atoms with E-state index in [1.54, 1.807) is 7.11 Å². The molecule has 1 fully saturated rings. The highest BCUT2D eigenvalue weighted by molar-refractivity contribution is 5.77. The van der Waals surface area contributed by atoms with Crippen LogP contribution in [0.3, 0.4) is 0 Å². The van der Waals surface area contributed by atoms with Crippen LogP contribution in [0, 0.1) is 5.41 Å². The second kappa shape index (κ2) is 10.6. The Hall–Kier alpha value is -2.17. The molecule has 0 amide bonds. The van der Waals surface area contributed by atoms with Crippen molar-refractivity contribution in [3.8, 4) is 0 Å². The molecule has 2 aromatic rings. The van der Waals surface area contributed by atoms with Crippen LogP contribution < -0.4 is 0 Å². The summed E-state index contributed by atoms with van der Waals surface area (Å²) in [7, 11) is 1.69. The maximum absolute atomic E-state index is 12.7. The summed E-state index contributed by atoms with van der Waals surface area (Å²) in [6.45, 7) is 5.66. The number of carbonyl (C=O) groups is 1. The van der Waals surface area contributed by atoms with Crippen molar-refractivity contribution in [3.63, 3.8) is 0 Å². The average Bonchev–Trinajstić information content (AvgIpc) is 2.78. The van der Waals surface area contributed by atoms with Gasteiger partial charge in [0.1, 0.15) is 0 Å². The van der Waals surface area contributed by atoms with Gasteiger partial charge in [0, 0.05) is 26.2 Å². The summed E-state index contributed by atoms with van der Waals surface area (Å²) in [5.74, 6) is 0.269. The van der Waals surface area contributed by atoms with E-state index in [1.807, 2.05) is 6.92 Å². The van der Waals surface area contributed by atoms with Crippen LogP contribution in [-0.2, 0) is 14.3 Å². The van der Waals surface area contributed by atoms with Gasteiger partial charge >= 0.3 is 5.97 Å². The zero-order valence-electron chi connectivity index (χ0n) is 17.7. The van der Waals surface area contributed by atoms with Gasteiger partial charge in [-0.1, -0.05) is 60.7 Å². The quantitative estimate of drug-likeness (QED) is 0.586. The summed E-state index contributed by atoms with van der Waals surface area (Å²) in [6.07, 6.45) is 2.38. The predicted molar refractivity (Wildman–Crippen MR) is 116 cm³/mol. The minimum atomic E-state index is -0.405. The lowest BCUT2D eigenvalue weighted by Crippen LogP contribution is -2.46. The fourth-order valence-electron chi connectivity index (χ4n) is 4.33. The molecular formula is C25H33NO3. The van der Waals surface area contributed by atoms with Gasteiger partial charge in [-0.25, -0.2) is 0 Å². The standard InChI is InChI=1S/C25H33NO3/c1-3-29-24(27)25(16-19-28-2)14-17-26(18-15-25)20-23(21-10-6-4-7-11-21)22-12-8-5-9-13-22/h4-13,23H,3,14-20H2,1-2H3. The van der Waals surface area contributed by atoms with Gasteiger partial charge in [-0.05, 0) is 50.4 Å². The highest BCUT2D eigenvalue weighted by Gasteiger charge is 2.42. The molecule has 3 rings (SSSR count). The molecule has 0 aromatic heterocycles. The van der Waals surface area contributed by atoms with Gasteiger partial charge in [0.15, 0.2) is 0 Å². The van der Waals surface area contributed by atoms with E-state index in [9.17, 15) is 4.79 Å². The molecule has 0 saturated carbocycles. The normalized spacial score (nSPS) is 16.7. The minimum Gasteiger partial charge on any atom is -0.466 e. The number of likely N-dealkylation sites (tertiary alicyclic amines) is 1. The Morgan fingerprint density at radius 2 is 1.55 bits per heavy atom. The highest BCUT2D eigenvalue weighted by atomic mass is 16.5. The van der Waals surface area contributed by atoms with Crippen LogP contribution in [0.5, 0.6) is 0 Å². The van der Waals surface area contributed by atoms with Crippen LogP contribution in [0.1, 0.15) is 43.2 Å². The average molecular weight is 396 g/mol. The van der Waals surface area contributed by atoms with E-state index in [2.05, 4.69) is 65.6 Å². The van der Waals surface area contributed by atoms with Crippen molar-refractivity contribution in [1.29, 1.82) is 0 Å². The van der Waals surface area contributed by atoms with Crippen LogP contribution in [-0.4, -0.2) is 50.8 Å². The first kappa shape index (κ1) is 21.5. The molecule has 1 aliphatic rings. The SMILES string of the molecule is CCOC(=O)C1(CCOC)CCN(CC(c2ccccc2)c2ccccc2)CC1. The second-order valence-electron chi connectivity index (χ2n) is 7.92. The van der Waals surface area contributed by atoms with E-state index in [4.69, 9.17) is 9.47 Å². The van der Waals surface area contributed by atoms with Crippen molar-refractivity contribution in [3.05, 3.63) is 71.8 Å². The first-order valence-electron chi connectivity index (χ1n) is 10.7. The lowest BCUT2D eigenvalue weighted by Gasteiger charge is -2.41. The zero-order chi connectivity index (χ0) is 20.5. The number of rotatable bonds is 9. The van der Waals surface area contributed by atoms with Gasteiger partial charge in [-0.3, -0.25) is 4.79 Å². The van der Waals surface area contributed by atoms with E-state index in [-0.39, 0.29) is 5.97 Å². The number of carbonyl (C=O) groups excluding carboxylic acids is 1. The Bertz CT molecular complexity index is 700. The summed E-state index contributed by atoms with van der Waals surface area (Å²) in [6, 6.07) is 21.4. The molecule has 1 heterocycles. The molecule has 0 aliphatic carbocycles. The molecule has 2 aromatic carbocycles. The van der Waals surface area contributed by atoms with E-state index in [0.717, 1.165) is 38.9 Å². The van der Waals surface area contributed by atoms with Gasteiger partial charge in [0.05, 0.1) is 12.0 Å². The summed E-state index contributed by atoms with van der Waals surface area (Å²) in [5, 5.41) is 0. The van der Waals surface area contributed by atoms with Crippen molar-refractivity contribution in [2.75, 3.05) is 40.0 Å². The number of esters is 1. The first-order valence-corrected chi connectivity index (χ1v) is 10.7. The number of piperidine rings is 1. The largest absolute Gasteiger partial charge is 0.466 e. The molecule has 1 saturated heterocycles. The molecule has 0 N–H and O–H groups in total. The van der Waals surface area contributed by atoms with Gasteiger partial charge in [0.25, 0.3) is 0 Å². The van der Waals surface area contributed by atoms with Gasteiger partial charge < -0.3 is 14.4 Å². The maximum atomic E-state index is 12.7. The Morgan fingerprint density at radius 3 is 2.03 bits per heavy atom. The molecule has 0 radical (unpaired) electrons. The predicted octanol–water partition coefficient (Wildman–Crippen LogP) is 4.50. The molecular weight excluding hydrogens is 362 g/mol. The molecule has 0 unspecified atom stereocenters. The monoisotopic (exact) mass is 395 g/mol. The highest BCUT2D eigenvalue weighted by Crippen LogP contribution is 2.38. The zero-order valence-corrected chi connectivity index (χ0v) is 17.7. The van der Waals surface area contributed by atoms with E-state index < -0.39 is 5.41 Å². The molecule has 0 bridgehead atoms. The first-order chi connectivity index (χ1) is 14.2. The third-order valence-corrected chi connectivity index (χ3v) is 6.15. The lowest BCUT2D eigenvalue weighted by atomic mass is 9.75. The number of hydrogen-bond acceptors (Lipinski definition) is 4. The van der Waals surface area contributed by atoms with Gasteiger partial charge in [0.2, 0.25) is 0 Å². The fourth-order valence-corrected chi connectivity index (χ4v) is 4.33. The summed E-state index contributed by atoms with van der Waals surface area (Å²) in [4.78, 5) is 15.2. The van der Waals surface area contributed by atoms with E-state index in [1.165, 1.54) is 11.1 Å². The van der Waals surface area contributed by atoms with Crippen LogP contribution in [0.15, 0.2) is 60.7 Å². The van der Waals surface area contributed by atoms with Crippen molar-refractivity contribution in [2.45, 2.75) is 32.1 Å². The Kier molecular flexibility index (Phi) is 7.84. The number of methoxy groups -OCH3 is 1. The smallest absolute Gasteiger partial charge is 0.312 e. The van der Waals surface area contributed by atoms with Crippen molar-refractivity contribution in [2.24, 2.45) is 5.41 Å². The Balaban J connectivity index is 1.72. The van der Waals surface area contributed by atoms with Crippen molar-refractivity contribution in [1.82, 2.24) is 4.90 Å². The molecule has 29 heavy (non-hydrogen) atoms. The van der Waals surface area contributed by atoms with Gasteiger partial charge in [-0.15, -0.1) is 0 Å². The Labute approximate surface area is 174 Å². The molecule has 0 spiro atoms. The molecule has 156 valence electrons. The maximum Gasteiger partial charge on any atom is 0.312 e. The number of hydrogen-bond donors (Lipinski definition) is 0. The molecule has 0 atom stereocenters. The minimum absolute atomic E-state index is 0.0561. The molecule has 1 aliphatic heterocycles. The Morgan fingerprint density at radius 1 is 1.00 bits per heavy atom. The van der Waals surface area contributed by atoms with Crippen LogP contribution in [0.2, 0.25) is 0 Å². The molecule has 4 heteroatoms. The topological polar surface area (TPSA) is 38.8 Å². The van der Waals surface area contributed by atoms with E-state index >= 15 is 0 Å². The van der Waals surface area contributed by atoms with Crippen LogP contribution in [0.4, 0.5) is 0 Å². The van der Waals surface area contributed by atoms with Crippen molar-refractivity contribution >= 4 is 5.97 Å². The number of nitrogens with zero attached hydrogens (tertiary/aromatic N) is 1. The van der Waals surface area contributed by atoms with Gasteiger partial charge in [-0.2, -0.15) is 0 Å². The second-order valence-corrected chi connectivity index (χ2v) is 7.92. The fraction of sp³-hybridized carbons (Fsp3) is 0.480. The van der Waals surface area contributed by atoms with Crippen LogP contribution in [0.25, 0.3) is 0 Å². The number of ether oxygens (including phenoxy) is 2. The van der Waals surface area contributed by atoms with E-state index in [0.29, 0.717) is 19.1 Å². The molecule has 4 nitrogen and oxygen atoms in total. The summed E-state index contributed by atoms with van der Waals surface area (Å²) in [5.41, 5.74) is 2.26. The van der Waals surface area contributed by atoms with Crippen LogP contribution >= 0.6 is 0 Å². The summed E-state index contributed by atoms with van der Waals surface area (Å²) >= 11 is 0.